The number of carbonyl (C=O) groups is 1. The molecule has 138 valence electrons. The third-order valence-corrected chi connectivity index (χ3v) is 4.33. The van der Waals surface area contributed by atoms with Gasteiger partial charge in [0, 0.05) is 42.0 Å². The smallest absolute Gasteiger partial charge is 0.343 e. The molecule has 0 saturated carbocycles. The number of para-hydroxylation sites is 1. The maximum atomic E-state index is 12.3. The molecule has 1 heterocycles. The fourth-order valence-electron chi connectivity index (χ4n) is 2.89. The van der Waals surface area contributed by atoms with Crippen molar-refractivity contribution in [2.75, 3.05) is 23.3 Å². The number of rotatable bonds is 6. The lowest BCUT2D eigenvalue weighted by Gasteiger charge is -2.20. The van der Waals surface area contributed by atoms with E-state index in [9.17, 15) is 9.59 Å². The minimum atomic E-state index is -0.469. The topological polar surface area (TPSA) is 62.6 Å². The summed E-state index contributed by atoms with van der Waals surface area (Å²) in [6, 6.07) is 16.7. The average Bonchev–Trinajstić information content (AvgIpc) is 2.68. The number of nitrogens with one attached hydrogen (secondary N) is 1. The van der Waals surface area contributed by atoms with Gasteiger partial charge in [-0.2, -0.15) is 0 Å². The summed E-state index contributed by atoms with van der Waals surface area (Å²) in [5.41, 5.74) is 2.11. The van der Waals surface area contributed by atoms with Crippen LogP contribution < -0.4 is 15.8 Å². The molecule has 0 aliphatic heterocycles. The van der Waals surface area contributed by atoms with E-state index >= 15 is 0 Å². The SMILES string of the molecule is CCN(CC)c1ccc2cc(/C=C/C(=O)Nc3ccccc3)c(=O)oc2c1. The maximum Gasteiger partial charge on any atom is 0.343 e. The number of nitrogens with zero attached hydrogens (tertiary/aromatic N) is 1. The highest BCUT2D eigenvalue weighted by Gasteiger charge is 2.07. The number of benzene rings is 2. The highest BCUT2D eigenvalue weighted by atomic mass is 16.4. The molecule has 1 aromatic heterocycles. The molecule has 0 unspecified atom stereocenters. The van der Waals surface area contributed by atoms with E-state index in [1.807, 2.05) is 36.4 Å². The van der Waals surface area contributed by atoms with Crippen LogP contribution >= 0.6 is 0 Å². The molecule has 5 nitrogen and oxygen atoms in total. The quantitative estimate of drug-likeness (QED) is 0.525. The molecular weight excluding hydrogens is 340 g/mol. The van der Waals surface area contributed by atoms with Crippen LogP contribution in [0.25, 0.3) is 17.0 Å². The second-order valence-electron chi connectivity index (χ2n) is 6.07. The molecule has 1 N–H and O–H groups in total. The van der Waals surface area contributed by atoms with Crippen molar-refractivity contribution in [1.82, 2.24) is 0 Å². The largest absolute Gasteiger partial charge is 0.422 e. The number of carbonyl (C=O) groups excluding carboxylic acids is 1. The van der Waals surface area contributed by atoms with E-state index in [1.54, 1.807) is 18.2 Å². The summed E-state index contributed by atoms with van der Waals surface area (Å²) in [7, 11) is 0. The summed E-state index contributed by atoms with van der Waals surface area (Å²) in [6.07, 6.45) is 2.80. The van der Waals surface area contributed by atoms with E-state index in [0.29, 0.717) is 16.8 Å². The van der Waals surface area contributed by atoms with E-state index in [1.165, 1.54) is 12.2 Å². The normalized spacial score (nSPS) is 11.0. The van der Waals surface area contributed by atoms with Crippen LogP contribution in [0, 0.1) is 0 Å². The van der Waals surface area contributed by atoms with Gasteiger partial charge in [-0.25, -0.2) is 4.79 Å². The molecule has 27 heavy (non-hydrogen) atoms. The predicted molar refractivity (Wildman–Crippen MR) is 110 cm³/mol. The predicted octanol–water partition coefficient (Wildman–Crippen LogP) is 4.29. The van der Waals surface area contributed by atoms with Crippen molar-refractivity contribution in [3.63, 3.8) is 0 Å². The van der Waals surface area contributed by atoms with Gasteiger partial charge in [-0.15, -0.1) is 0 Å². The Balaban J connectivity index is 1.83. The molecule has 3 aromatic rings. The summed E-state index contributed by atoms with van der Waals surface area (Å²) in [4.78, 5) is 26.5. The Bertz CT molecular complexity index is 1020. The van der Waals surface area contributed by atoms with Crippen molar-refractivity contribution in [3.8, 4) is 0 Å². The molecule has 0 aliphatic rings. The second-order valence-corrected chi connectivity index (χ2v) is 6.07. The number of hydrogen-bond acceptors (Lipinski definition) is 4. The van der Waals surface area contributed by atoms with E-state index in [-0.39, 0.29) is 5.91 Å². The third kappa shape index (κ3) is 4.44. The molecular formula is C22H22N2O3. The van der Waals surface area contributed by atoms with Crippen molar-refractivity contribution in [2.24, 2.45) is 0 Å². The Morgan fingerprint density at radius 2 is 1.81 bits per heavy atom. The minimum absolute atomic E-state index is 0.308. The lowest BCUT2D eigenvalue weighted by Crippen LogP contribution is -2.21. The van der Waals surface area contributed by atoms with Crippen LogP contribution in [0.15, 0.2) is 69.9 Å². The van der Waals surface area contributed by atoms with Gasteiger partial charge < -0.3 is 14.6 Å². The van der Waals surface area contributed by atoms with Gasteiger partial charge in [0.2, 0.25) is 5.91 Å². The van der Waals surface area contributed by atoms with Gasteiger partial charge in [-0.3, -0.25) is 4.79 Å². The summed E-state index contributed by atoms with van der Waals surface area (Å²) in [5.74, 6) is -0.308. The molecule has 0 aliphatic carbocycles. The number of hydrogen-bond donors (Lipinski definition) is 1. The van der Waals surface area contributed by atoms with E-state index < -0.39 is 5.63 Å². The molecule has 0 fully saturated rings. The van der Waals surface area contributed by atoms with Gasteiger partial charge in [-0.05, 0) is 50.3 Å². The highest BCUT2D eigenvalue weighted by Crippen LogP contribution is 2.22. The molecule has 0 saturated heterocycles. The fourth-order valence-corrected chi connectivity index (χ4v) is 2.89. The molecule has 2 aromatic carbocycles. The molecule has 0 bridgehead atoms. The molecule has 0 spiro atoms. The van der Waals surface area contributed by atoms with Gasteiger partial charge >= 0.3 is 5.63 Å². The van der Waals surface area contributed by atoms with E-state index in [0.717, 1.165) is 24.2 Å². The van der Waals surface area contributed by atoms with Crippen LogP contribution in [-0.4, -0.2) is 19.0 Å². The van der Waals surface area contributed by atoms with Gasteiger partial charge in [0.1, 0.15) is 5.58 Å². The van der Waals surface area contributed by atoms with Crippen molar-refractivity contribution >= 4 is 34.3 Å². The Morgan fingerprint density at radius 3 is 2.52 bits per heavy atom. The lowest BCUT2D eigenvalue weighted by atomic mass is 10.1. The fraction of sp³-hybridized carbons (Fsp3) is 0.182. The summed E-state index contributed by atoms with van der Waals surface area (Å²) < 4.78 is 5.46. The Kier molecular flexibility index (Phi) is 5.71. The minimum Gasteiger partial charge on any atom is -0.422 e. The zero-order valence-electron chi connectivity index (χ0n) is 15.4. The monoisotopic (exact) mass is 362 g/mol. The summed E-state index contributed by atoms with van der Waals surface area (Å²) in [6.45, 7) is 5.92. The third-order valence-electron chi connectivity index (χ3n) is 4.33. The number of fused-ring (bicyclic) bond motifs is 1. The first-order valence-corrected chi connectivity index (χ1v) is 8.97. The molecule has 0 atom stereocenters. The summed E-state index contributed by atoms with van der Waals surface area (Å²) >= 11 is 0. The zero-order chi connectivity index (χ0) is 19.2. The van der Waals surface area contributed by atoms with Crippen LogP contribution in [0.4, 0.5) is 11.4 Å². The highest BCUT2D eigenvalue weighted by molar-refractivity contribution is 6.02. The Hall–Kier alpha value is -3.34. The van der Waals surface area contributed by atoms with Gasteiger partial charge in [0.25, 0.3) is 0 Å². The van der Waals surface area contributed by atoms with Crippen molar-refractivity contribution in [1.29, 1.82) is 0 Å². The summed E-state index contributed by atoms with van der Waals surface area (Å²) in [5, 5.41) is 3.55. The molecule has 5 heteroatoms. The number of anilines is 2. The van der Waals surface area contributed by atoms with Crippen LogP contribution in [-0.2, 0) is 4.79 Å². The van der Waals surface area contributed by atoms with Gasteiger partial charge in [0.05, 0.1) is 5.56 Å². The van der Waals surface area contributed by atoms with Crippen molar-refractivity contribution < 1.29 is 9.21 Å². The van der Waals surface area contributed by atoms with Crippen molar-refractivity contribution in [3.05, 3.63) is 76.7 Å². The second kappa shape index (κ2) is 8.36. The maximum absolute atomic E-state index is 12.3. The average molecular weight is 362 g/mol. The van der Waals surface area contributed by atoms with E-state index in [2.05, 4.69) is 24.1 Å². The Morgan fingerprint density at radius 1 is 1.07 bits per heavy atom. The van der Waals surface area contributed by atoms with Gasteiger partial charge in [-0.1, -0.05) is 18.2 Å². The van der Waals surface area contributed by atoms with Crippen LogP contribution in [0.1, 0.15) is 19.4 Å². The molecule has 0 radical (unpaired) electrons. The molecule has 3 rings (SSSR count). The van der Waals surface area contributed by atoms with Crippen LogP contribution in [0.3, 0.4) is 0 Å². The number of amides is 1. The first-order chi connectivity index (χ1) is 13.1. The first kappa shape index (κ1) is 18.5. The van der Waals surface area contributed by atoms with E-state index in [4.69, 9.17) is 4.42 Å². The van der Waals surface area contributed by atoms with Crippen LogP contribution in [0.5, 0.6) is 0 Å². The lowest BCUT2D eigenvalue weighted by molar-refractivity contribution is -0.111. The van der Waals surface area contributed by atoms with Crippen LogP contribution in [0.2, 0.25) is 0 Å². The first-order valence-electron chi connectivity index (χ1n) is 8.97. The van der Waals surface area contributed by atoms with Crippen molar-refractivity contribution in [2.45, 2.75) is 13.8 Å². The standard InChI is InChI=1S/C22H22N2O3/c1-3-24(4-2)19-12-10-16-14-17(22(26)27-20(16)15-19)11-13-21(25)23-18-8-6-5-7-9-18/h5-15H,3-4H2,1-2H3,(H,23,25)/b13-11+. The van der Waals surface area contributed by atoms with Gasteiger partial charge in [0.15, 0.2) is 0 Å². The zero-order valence-corrected chi connectivity index (χ0v) is 15.4. The molecule has 1 amide bonds. The Labute approximate surface area is 157 Å².